The molecule has 1 saturated carbocycles. The molecule has 0 aromatic heterocycles. The number of rotatable bonds is 6. The summed E-state index contributed by atoms with van der Waals surface area (Å²) < 4.78 is 28.8. The molecular formula is C15H20N2O4S. The lowest BCUT2D eigenvalue weighted by molar-refractivity contribution is 0.0697. The van der Waals surface area contributed by atoms with Crippen LogP contribution in [-0.4, -0.2) is 42.9 Å². The van der Waals surface area contributed by atoms with Crippen LogP contribution in [0.1, 0.15) is 35.2 Å². The van der Waals surface area contributed by atoms with E-state index in [0.29, 0.717) is 25.4 Å². The summed E-state index contributed by atoms with van der Waals surface area (Å²) in [6.07, 6.45) is 3.66. The minimum atomic E-state index is -3.39. The summed E-state index contributed by atoms with van der Waals surface area (Å²) in [4.78, 5) is 10.8. The van der Waals surface area contributed by atoms with Crippen LogP contribution in [0.3, 0.4) is 0 Å². The third-order valence-electron chi connectivity index (χ3n) is 4.57. The van der Waals surface area contributed by atoms with Crippen LogP contribution in [0.5, 0.6) is 0 Å². The molecule has 2 unspecified atom stereocenters. The number of hydrogen-bond donors (Lipinski definition) is 2. The summed E-state index contributed by atoms with van der Waals surface area (Å²) in [5, 5.41) is 8.83. The largest absolute Gasteiger partial charge is 0.478 e. The molecule has 0 amide bonds. The minimum Gasteiger partial charge on any atom is -0.478 e. The second-order valence-corrected chi connectivity index (χ2v) is 7.76. The molecule has 0 radical (unpaired) electrons. The van der Waals surface area contributed by atoms with Gasteiger partial charge in [-0.25, -0.2) is 9.52 Å². The van der Waals surface area contributed by atoms with E-state index in [1.807, 2.05) is 0 Å². The summed E-state index contributed by atoms with van der Waals surface area (Å²) in [7, 11) is -3.39. The van der Waals surface area contributed by atoms with E-state index in [2.05, 4.69) is 4.72 Å². The van der Waals surface area contributed by atoms with Crippen LogP contribution in [-0.2, 0) is 16.6 Å². The predicted molar refractivity (Wildman–Crippen MR) is 81.9 cm³/mol. The molecule has 1 heterocycles. The van der Waals surface area contributed by atoms with Gasteiger partial charge in [0.05, 0.1) is 5.56 Å². The zero-order valence-electron chi connectivity index (χ0n) is 12.2. The van der Waals surface area contributed by atoms with E-state index >= 15 is 0 Å². The maximum absolute atomic E-state index is 12.3. The Morgan fingerprint density at radius 2 is 2.00 bits per heavy atom. The SMILES string of the molecule is O=C(O)c1ccc(CCNS(=O)(=O)N2CC3CCC2C3)cc1. The highest BCUT2D eigenvalue weighted by atomic mass is 32.2. The first kappa shape index (κ1) is 15.5. The Morgan fingerprint density at radius 1 is 1.27 bits per heavy atom. The molecule has 2 aliphatic rings. The van der Waals surface area contributed by atoms with E-state index in [1.165, 1.54) is 12.1 Å². The molecule has 0 spiro atoms. The zero-order chi connectivity index (χ0) is 15.7. The summed E-state index contributed by atoms with van der Waals surface area (Å²) in [6, 6.07) is 6.68. The minimum absolute atomic E-state index is 0.178. The quantitative estimate of drug-likeness (QED) is 0.824. The van der Waals surface area contributed by atoms with Gasteiger partial charge in [-0.2, -0.15) is 12.7 Å². The fraction of sp³-hybridized carbons (Fsp3) is 0.533. The molecule has 7 heteroatoms. The highest BCUT2D eigenvalue weighted by Gasteiger charge is 2.43. The molecule has 1 saturated heterocycles. The number of aromatic carboxylic acids is 1. The van der Waals surface area contributed by atoms with E-state index in [4.69, 9.17) is 5.11 Å². The first-order valence-electron chi connectivity index (χ1n) is 7.54. The van der Waals surface area contributed by atoms with E-state index in [1.54, 1.807) is 16.4 Å². The first-order valence-corrected chi connectivity index (χ1v) is 8.98. The van der Waals surface area contributed by atoms with Crippen LogP contribution in [0.25, 0.3) is 0 Å². The topological polar surface area (TPSA) is 86.7 Å². The Kier molecular flexibility index (Phi) is 4.20. The number of carbonyl (C=O) groups is 1. The maximum Gasteiger partial charge on any atom is 0.335 e. The summed E-state index contributed by atoms with van der Waals surface area (Å²) in [5.74, 6) is -0.429. The van der Waals surface area contributed by atoms with E-state index in [-0.39, 0.29) is 11.6 Å². The Hall–Kier alpha value is -1.44. The molecule has 1 aromatic rings. The van der Waals surface area contributed by atoms with Crippen LogP contribution in [0.2, 0.25) is 0 Å². The number of carboxylic acid groups (broad SMARTS) is 1. The Morgan fingerprint density at radius 3 is 2.55 bits per heavy atom. The van der Waals surface area contributed by atoms with E-state index in [0.717, 1.165) is 24.8 Å². The average molecular weight is 324 g/mol. The number of nitrogens with zero attached hydrogens (tertiary/aromatic N) is 1. The highest BCUT2D eigenvalue weighted by molar-refractivity contribution is 7.87. The van der Waals surface area contributed by atoms with Gasteiger partial charge < -0.3 is 5.11 Å². The monoisotopic (exact) mass is 324 g/mol. The van der Waals surface area contributed by atoms with Crippen LogP contribution in [0.4, 0.5) is 0 Å². The lowest BCUT2D eigenvalue weighted by Gasteiger charge is -2.26. The van der Waals surface area contributed by atoms with Crippen molar-refractivity contribution in [1.29, 1.82) is 0 Å². The zero-order valence-corrected chi connectivity index (χ0v) is 13.1. The molecule has 2 fully saturated rings. The summed E-state index contributed by atoms with van der Waals surface area (Å²) in [5.41, 5.74) is 1.15. The predicted octanol–water partition coefficient (Wildman–Crippen LogP) is 1.25. The molecule has 3 rings (SSSR count). The fourth-order valence-electron chi connectivity index (χ4n) is 3.40. The number of piperidine rings is 1. The molecule has 2 atom stereocenters. The van der Waals surface area contributed by atoms with Gasteiger partial charge in [-0.3, -0.25) is 0 Å². The van der Waals surface area contributed by atoms with Gasteiger partial charge in [0, 0.05) is 19.1 Å². The molecule has 120 valence electrons. The number of benzene rings is 1. The van der Waals surface area contributed by atoms with Crippen molar-refractivity contribution in [2.75, 3.05) is 13.1 Å². The van der Waals surface area contributed by atoms with Crippen molar-refractivity contribution in [2.24, 2.45) is 5.92 Å². The lowest BCUT2D eigenvalue weighted by atomic mass is 10.1. The average Bonchev–Trinajstić information content (AvgIpc) is 3.10. The summed E-state index contributed by atoms with van der Waals surface area (Å²) >= 11 is 0. The van der Waals surface area contributed by atoms with Crippen LogP contribution >= 0.6 is 0 Å². The van der Waals surface area contributed by atoms with Crippen molar-refractivity contribution in [2.45, 2.75) is 31.7 Å². The van der Waals surface area contributed by atoms with Crippen molar-refractivity contribution in [3.63, 3.8) is 0 Å². The normalized spacial score (nSPS) is 24.7. The third-order valence-corrected chi connectivity index (χ3v) is 6.20. The van der Waals surface area contributed by atoms with E-state index in [9.17, 15) is 13.2 Å². The number of fused-ring (bicyclic) bond motifs is 2. The fourth-order valence-corrected chi connectivity index (χ4v) is 4.91. The molecule has 6 nitrogen and oxygen atoms in total. The van der Waals surface area contributed by atoms with Gasteiger partial charge in [0.2, 0.25) is 0 Å². The van der Waals surface area contributed by atoms with E-state index < -0.39 is 16.2 Å². The van der Waals surface area contributed by atoms with Crippen LogP contribution in [0.15, 0.2) is 24.3 Å². The van der Waals surface area contributed by atoms with Crippen molar-refractivity contribution >= 4 is 16.2 Å². The van der Waals surface area contributed by atoms with Crippen LogP contribution in [0, 0.1) is 5.92 Å². The smallest absolute Gasteiger partial charge is 0.335 e. The lowest BCUT2D eigenvalue weighted by Crippen LogP contribution is -2.45. The van der Waals surface area contributed by atoms with Crippen molar-refractivity contribution < 1.29 is 18.3 Å². The number of hydrogen-bond acceptors (Lipinski definition) is 3. The molecule has 1 aliphatic carbocycles. The van der Waals surface area contributed by atoms with Gasteiger partial charge in [-0.1, -0.05) is 12.1 Å². The van der Waals surface area contributed by atoms with Gasteiger partial charge in [0.15, 0.2) is 0 Å². The van der Waals surface area contributed by atoms with Crippen molar-refractivity contribution in [1.82, 2.24) is 9.03 Å². The second-order valence-electron chi connectivity index (χ2n) is 6.05. The molecular weight excluding hydrogens is 304 g/mol. The summed E-state index contributed by atoms with van der Waals surface area (Å²) in [6.45, 7) is 0.968. The molecule has 2 bridgehead atoms. The number of carboxylic acids is 1. The first-order chi connectivity index (χ1) is 10.5. The van der Waals surface area contributed by atoms with Gasteiger partial charge >= 0.3 is 5.97 Å². The second kappa shape index (κ2) is 5.98. The number of nitrogens with one attached hydrogen (secondary N) is 1. The maximum atomic E-state index is 12.3. The van der Waals surface area contributed by atoms with Crippen molar-refractivity contribution in [3.05, 3.63) is 35.4 Å². The van der Waals surface area contributed by atoms with Gasteiger partial charge in [-0.15, -0.1) is 0 Å². The molecule has 22 heavy (non-hydrogen) atoms. The van der Waals surface area contributed by atoms with Crippen molar-refractivity contribution in [3.8, 4) is 0 Å². The Balaban J connectivity index is 1.53. The van der Waals surface area contributed by atoms with Gasteiger partial charge in [0.1, 0.15) is 0 Å². The third kappa shape index (κ3) is 3.16. The van der Waals surface area contributed by atoms with Gasteiger partial charge in [0.25, 0.3) is 10.2 Å². The highest BCUT2D eigenvalue weighted by Crippen LogP contribution is 2.38. The molecule has 2 N–H and O–H groups in total. The standard InChI is InChI=1S/C15H20N2O4S/c18-15(19)13-4-1-11(2-5-13)7-8-16-22(20,21)17-10-12-3-6-14(17)9-12/h1-2,4-5,12,14,16H,3,6-10H2,(H,18,19). The Bertz CT molecular complexity index is 657. The Labute approximate surface area is 130 Å². The molecule has 1 aromatic carbocycles. The molecule has 1 aliphatic heterocycles. The van der Waals surface area contributed by atoms with Crippen LogP contribution < -0.4 is 4.72 Å². The van der Waals surface area contributed by atoms with Gasteiger partial charge in [-0.05, 0) is 49.3 Å².